The van der Waals surface area contributed by atoms with Gasteiger partial charge in [-0.05, 0) is 35.4 Å². The summed E-state index contributed by atoms with van der Waals surface area (Å²) in [4.78, 5) is 15.6. The average Bonchev–Trinajstić information content (AvgIpc) is 2.60. The number of nitrogens with zero attached hydrogens (tertiary/aromatic N) is 1. The van der Waals surface area contributed by atoms with E-state index in [0.29, 0.717) is 5.56 Å². The molecule has 10 heteroatoms. The van der Waals surface area contributed by atoms with Crippen LogP contribution in [-0.2, 0) is 24.5 Å². The van der Waals surface area contributed by atoms with Gasteiger partial charge < -0.3 is 10.2 Å². The zero-order chi connectivity index (χ0) is 21.1. The Kier molecular flexibility index (Phi) is 6.37. The molecule has 8 nitrogen and oxygen atoms in total. The van der Waals surface area contributed by atoms with E-state index in [1.807, 2.05) is 0 Å². The van der Waals surface area contributed by atoms with Crippen LogP contribution < -0.4 is 0 Å². The summed E-state index contributed by atoms with van der Waals surface area (Å²) in [5.74, 6) is -1.37. The second kappa shape index (κ2) is 8.21. The lowest BCUT2D eigenvalue weighted by atomic mass is 10.0. The van der Waals surface area contributed by atoms with Crippen LogP contribution in [-0.4, -0.2) is 57.8 Å². The highest BCUT2D eigenvalue weighted by Crippen LogP contribution is 2.22. The van der Waals surface area contributed by atoms with Gasteiger partial charge in [0.05, 0.1) is 9.79 Å². The molecule has 0 aliphatic heterocycles. The number of benzene rings is 2. The molecule has 0 heterocycles. The third-order valence-corrected chi connectivity index (χ3v) is 6.15. The summed E-state index contributed by atoms with van der Waals surface area (Å²) < 4.78 is 45.9. The molecule has 0 aliphatic rings. The van der Waals surface area contributed by atoms with Crippen molar-refractivity contribution in [3.05, 3.63) is 59.7 Å². The van der Waals surface area contributed by atoms with Gasteiger partial charge in [0.15, 0.2) is 25.7 Å². The molecular weight excluding hydrogens is 406 g/mol. The van der Waals surface area contributed by atoms with Gasteiger partial charge in [0.25, 0.3) is 0 Å². The van der Waals surface area contributed by atoms with Crippen LogP contribution in [0.5, 0.6) is 0 Å². The van der Waals surface area contributed by atoms with Gasteiger partial charge in [0.1, 0.15) is 6.10 Å². The number of aliphatic carboxylic acids is 1. The zero-order valence-electron chi connectivity index (χ0n) is 15.1. The molecule has 0 radical (unpaired) electrons. The van der Waals surface area contributed by atoms with Crippen LogP contribution in [0.4, 0.5) is 0 Å². The van der Waals surface area contributed by atoms with Crippen molar-refractivity contribution in [2.75, 3.05) is 12.5 Å². The molecule has 2 rings (SSSR count). The normalized spacial score (nSPS) is 14.7. The van der Waals surface area contributed by atoms with Gasteiger partial charge in [-0.1, -0.05) is 24.3 Å². The summed E-state index contributed by atoms with van der Waals surface area (Å²) in [7, 11) is -6.76. The third kappa shape index (κ3) is 5.47. The van der Waals surface area contributed by atoms with E-state index in [-0.39, 0.29) is 15.4 Å². The second-order valence-electron chi connectivity index (χ2n) is 6.19. The smallest absolute Gasteiger partial charge is 0.331 e. The van der Waals surface area contributed by atoms with Gasteiger partial charge in [-0.3, -0.25) is 4.99 Å². The van der Waals surface area contributed by atoms with Crippen LogP contribution >= 0.6 is 0 Å². The van der Waals surface area contributed by atoms with Gasteiger partial charge in [-0.15, -0.1) is 0 Å². The molecule has 28 heavy (non-hydrogen) atoms. The Labute approximate surface area is 163 Å². The van der Waals surface area contributed by atoms with Crippen molar-refractivity contribution < 1.29 is 31.8 Å². The van der Waals surface area contributed by atoms with E-state index in [4.69, 9.17) is 0 Å². The van der Waals surface area contributed by atoms with Crippen molar-refractivity contribution in [3.8, 4) is 0 Å². The number of carboxylic acids is 1. The summed E-state index contributed by atoms with van der Waals surface area (Å²) >= 11 is 0. The van der Waals surface area contributed by atoms with Gasteiger partial charge in [0.2, 0.25) is 0 Å². The number of hydrogen-bond acceptors (Lipinski definition) is 7. The molecule has 150 valence electrons. The van der Waals surface area contributed by atoms with Crippen molar-refractivity contribution in [2.45, 2.75) is 21.9 Å². The lowest BCUT2D eigenvalue weighted by Crippen LogP contribution is -2.26. The lowest BCUT2D eigenvalue weighted by Gasteiger charge is -2.16. The Balaban J connectivity index is 2.25. The SMILES string of the molecule is CS(=O)(=O)c1ccc(C=NC(C(=O)O)C(O)c2ccc(S(C)(=O)=O)cc2)cc1. The standard InChI is InChI=1S/C18H19NO7S2/c1-27(23,24)14-7-3-12(4-8-14)11-19-16(18(21)22)17(20)13-5-9-15(10-6-13)28(2,25)26/h3-11,16-17,20H,1-2H3,(H,21,22). The molecular formula is C18H19NO7S2. The number of carboxylic acid groups (broad SMARTS) is 1. The predicted octanol–water partition coefficient (Wildman–Crippen LogP) is 1.10. The highest BCUT2D eigenvalue weighted by Gasteiger charge is 2.27. The minimum Gasteiger partial charge on any atom is -0.480 e. The van der Waals surface area contributed by atoms with E-state index in [1.165, 1.54) is 54.7 Å². The Hall–Kier alpha value is -2.56. The van der Waals surface area contributed by atoms with Crippen LogP contribution in [0.15, 0.2) is 63.3 Å². The summed E-state index contributed by atoms with van der Waals surface area (Å²) in [6.45, 7) is 0. The lowest BCUT2D eigenvalue weighted by molar-refractivity contribution is -0.141. The number of sulfone groups is 2. The molecule has 0 saturated heterocycles. The monoisotopic (exact) mass is 425 g/mol. The highest BCUT2D eigenvalue weighted by molar-refractivity contribution is 7.91. The number of aliphatic hydroxyl groups is 1. The first-order chi connectivity index (χ1) is 12.9. The average molecular weight is 425 g/mol. The van der Waals surface area contributed by atoms with E-state index >= 15 is 0 Å². The largest absolute Gasteiger partial charge is 0.480 e. The van der Waals surface area contributed by atoms with Crippen LogP contribution in [0.1, 0.15) is 17.2 Å². The number of aliphatic imine (C=N–C) groups is 1. The minimum absolute atomic E-state index is 0.0461. The predicted molar refractivity (Wildman–Crippen MR) is 103 cm³/mol. The molecule has 2 unspecified atom stereocenters. The van der Waals surface area contributed by atoms with Gasteiger partial charge in [0, 0.05) is 18.7 Å². The van der Waals surface area contributed by atoms with Gasteiger partial charge in [-0.2, -0.15) is 0 Å². The minimum atomic E-state index is -3.41. The molecule has 2 aromatic rings. The number of rotatable bonds is 7. The maximum absolute atomic E-state index is 11.5. The number of carbonyl (C=O) groups is 1. The topological polar surface area (TPSA) is 138 Å². The maximum atomic E-state index is 11.5. The van der Waals surface area contributed by atoms with Crippen molar-refractivity contribution in [1.29, 1.82) is 0 Å². The highest BCUT2D eigenvalue weighted by atomic mass is 32.2. The first-order valence-corrected chi connectivity index (χ1v) is 11.7. The fourth-order valence-corrected chi connectivity index (χ4v) is 3.60. The van der Waals surface area contributed by atoms with Gasteiger partial charge >= 0.3 is 5.97 Å². The number of aliphatic hydroxyl groups excluding tert-OH is 1. The molecule has 0 saturated carbocycles. The Morgan fingerprint density at radius 2 is 1.32 bits per heavy atom. The molecule has 0 aromatic heterocycles. The molecule has 0 amide bonds. The summed E-state index contributed by atoms with van der Waals surface area (Å²) in [5.41, 5.74) is 0.655. The summed E-state index contributed by atoms with van der Waals surface area (Å²) in [5, 5.41) is 19.7. The fraction of sp³-hybridized carbons (Fsp3) is 0.222. The van der Waals surface area contributed by atoms with Crippen molar-refractivity contribution in [2.24, 2.45) is 4.99 Å². The molecule has 0 spiro atoms. The third-order valence-electron chi connectivity index (χ3n) is 3.89. The summed E-state index contributed by atoms with van der Waals surface area (Å²) in [6.07, 6.45) is 1.83. The molecule has 0 bridgehead atoms. The van der Waals surface area contributed by atoms with Gasteiger partial charge in [-0.25, -0.2) is 21.6 Å². The summed E-state index contributed by atoms with van der Waals surface area (Å²) in [6, 6.07) is 9.35. The molecule has 0 aliphatic carbocycles. The Bertz CT molecular complexity index is 1090. The Morgan fingerprint density at radius 1 is 0.893 bits per heavy atom. The first kappa shape index (κ1) is 21.7. The molecule has 2 atom stereocenters. The molecule has 0 fully saturated rings. The van der Waals surface area contributed by atoms with Crippen LogP contribution in [0, 0.1) is 0 Å². The van der Waals surface area contributed by atoms with Crippen molar-refractivity contribution in [1.82, 2.24) is 0 Å². The quantitative estimate of drug-likeness (QED) is 0.633. The van der Waals surface area contributed by atoms with E-state index < -0.39 is 37.8 Å². The van der Waals surface area contributed by atoms with E-state index in [1.54, 1.807) is 0 Å². The Morgan fingerprint density at radius 3 is 1.71 bits per heavy atom. The number of hydrogen-bond donors (Lipinski definition) is 2. The molecule has 2 N–H and O–H groups in total. The first-order valence-electron chi connectivity index (χ1n) is 7.94. The van der Waals surface area contributed by atoms with Crippen LogP contribution in [0.2, 0.25) is 0 Å². The van der Waals surface area contributed by atoms with Crippen LogP contribution in [0.25, 0.3) is 0 Å². The van der Waals surface area contributed by atoms with E-state index in [2.05, 4.69) is 4.99 Å². The van der Waals surface area contributed by atoms with E-state index in [0.717, 1.165) is 12.5 Å². The molecule has 2 aromatic carbocycles. The van der Waals surface area contributed by atoms with E-state index in [9.17, 15) is 31.8 Å². The van der Waals surface area contributed by atoms with Crippen molar-refractivity contribution >= 4 is 31.9 Å². The fourth-order valence-electron chi connectivity index (χ4n) is 2.34. The zero-order valence-corrected chi connectivity index (χ0v) is 16.7. The van der Waals surface area contributed by atoms with Crippen LogP contribution in [0.3, 0.4) is 0 Å². The van der Waals surface area contributed by atoms with Crippen molar-refractivity contribution in [3.63, 3.8) is 0 Å². The second-order valence-corrected chi connectivity index (χ2v) is 10.2. The maximum Gasteiger partial charge on any atom is 0.331 e.